The molecule has 25 heavy (non-hydrogen) atoms. The first-order valence-electron chi connectivity index (χ1n) is 7.93. The second kappa shape index (κ2) is 6.17. The van der Waals surface area contributed by atoms with Crippen molar-refractivity contribution in [3.63, 3.8) is 0 Å². The number of aromatic hydroxyl groups is 1. The van der Waals surface area contributed by atoms with Gasteiger partial charge in [-0.1, -0.05) is 53.7 Å². The van der Waals surface area contributed by atoms with Crippen LogP contribution in [-0.2, 0) is 0 Å². The fraction of sp³-hybridized carbons (Fsp3) is 0. The maximum absolute atomic E-state index is 9.99. The Labute approximate surface area is 144 Å². The second-order valence-corrected chi connectivity index (χ2v) is 5.84. The lowest BCUT2D eigenvalue weighted by molar-refractivity contribution is 0.322. The first kappa shape index (κ1) is 15.0. The number of benzene rings is 3. The van der Waals surface area contributed by atoms with Gasteiger partial charge in [-0.3, -0.25) is 0 Å². The van der Waals surface area contributed by atoms with E-state index in [2.05, 4.69) is 16.2 Å². The summed E-state index contributed by atoms with van der Waals surface area (Å²) in [6.07, 6.45) is 3.24. The first-order valence-corrected chi connectivity index (χ1v) is 7.93. The molecule has 0 atom stereocenters. The minimum absolute atomic E-state index is 0.275. The lowest BCUT2D eigenvalue weighted by Crippen LogP contribution is -1.82. The van der Waals surface area contributed by atoms with E-state index in [4.69, 9.17) is 5.21 Å². The third-order valence-electron chi connectivity index (χ3n) is 4.34. The number of aromatic nitrogens is 1. The SMILES string of the molecule is O/N=C/c1c[nH]c2ccc(-c3ccc(-c4ccccc4O)cc3)cc12. The summed E-state index contributed by atoms with van der Waals surface area (Å²) in [6, 6.07) is 21.5. The Bertz CT molecular complexity index is 1060. The Morgan fingerprint density at radius 1 is 0.840 bits per heavy atom. The topological polar surface area (TPSA) is 68.6 Å². The van der Waals surface area contributed by atoms with Crippen LogP contribution in [0.3, 0.4) is 0 Å². The summed E-state index contributed by atoms with van der Waals surface area (Å²) in [6.45, 7) is 0. The molecule has 3 N–H and O–H groups in total. The van der Waals surface area contributed by atoms with Crippen LogP contribution in [0.2, 0.25) is 0 Å². The Balaban J connectivity index is 1.74. The summed E-state index contributed by atoms with van der Waals surface area (Å²) in [7, 11) is 0. The van der Waals surface area contributed by atoms with Gasteiger partial charge >= 0.3 is 0 Å². The van der Waals surface area contributed by atoms with E-state index in [9.17, 15) is 5.11 Å². The van der Waals surface area contributed by atoms with Gasteiger partial charge in [0.25, 0.3) is 0 Å². The van der Waals surface area contributed by atoms with Gasteiger partial charge in [0.2, 0.25) is 0 Å². The van der Waals surface area contributed by atoms with Gasteiger partial charge in [0, 0.05) is 28.2 Å². The van der Waals surface area contributed by atoms with Gasteiger partial charge in [-0.2, -0.15) is 0 Å². The molecule has 0 saturated heterocycles. The van der Waals surface area contributed by atoms with E-state index in [-0.39, 0.29) is 5.75 Å². The van der Waals surface area contributed by atoms with Crippen LogP contribution < -0.4 is 0 Å². The van der Waals surface area contributed by atoms with Gasteiger partial charge in [-0.25, -0.2) is 0 Å². The molecule has 4 heteroatoms. The normalized spacial score (nSPS) is 11.4. The van der Waals surface area contributed by atoms with Gasteiger partial charge < -0.3 is 15.3 Å². The van der Waals surface area contributed by atoms with E-state index in [0.29, 0.717) is 0 Å². The van der Waals surface area contributed by atoms with Crippen LogP contribution in [-0.4, -0.2) is 21.5 Å². The number of fused-ring (bicyclic) bond motifs is 1. The van der Waals surface area contributed by atoms with E-state index < -0.39 is 0 Å². The number of oxime groups is 1. The van der Waals surface area contributed by atoms with Crippen LogP contribution in [0.5, 0.6) is 5.75 Å². The van der Waals surface area contributed by atoms with Crippen LogP contribution in [0.4, 0.5) is 0 Å². The molecular formula is C21H16N2O2. The Morgan fingerprint density at radius 2 is 1.56 bits per heavy atom. The van der Waals surface area contributed by atoms with Gasteiger partial charge in [0.15, 0.2) is 0 Å². The number of phenolic OH excluding ortho intramolecular Hbond substituents is 1. The molecule has 3 aromatic carbocycles. The molecule has 0 radical (unpaired) electrons. The molecule has 122 valence electrons. The summed E-state index contributed by atoms with van der Waals surface area (Å²) in [5.41, 5.74) is 5.77. The van der Waals surface area contributed by atoms with Crippen molar-refractivity contribution >= 4 is 17.1 Å². The maximum Gasteiger partial charge on any atom is 0.123 e. The Kier molecular flexibility index (Phi) is 3.71. The fourth-order valence-electron chi connectivity index (χ4n) is 3.05. The average molecular weight is 328 g/mol. The van der Waals surface area contributed by atoms with Crippen molar-refractivity contribution < 1.29 is 10.3 Å². The van der Waals surface area contributed by atoms with Crippen molar-refractivity contribution in [1.29, 1.82) is 0 Å². The number of H-pyrrole nitrogens is 1. The fourth-order valence-corrected chi connectivity index (χ4v) is 3.05. The number of nitrogens with zero attached hydrogens (tertiary/aromatic N) is 1. The standard InChI is InChI=1S/C21H16N2O2/c24-21-4-2-1-3-18(21)15-7-5-14(6-8-15)16-9-10-20-19(11-16)17(12-22-20)13-23-25/h1-13,22,24-25H/b23-13+. The van der Waals surface area contributed by atoms with E-state index in [1.165, 1.54) is 6.21 Å². The second-order valence-electron chi connectivity index (χ2n) is 5.84. The van der Waals surface area contributed by atoms with Gasteiger partial charge in [-0.15, -0.1) is 0 Å². The number of hydrogen-bond donors (Lipinski definition) is 3. The van der Waals surface area contributed by atoms with Gasteiger partial charge in [-0.05, 0) is 34.9 Å². The van der Waals surface area contributed by atoms with Crippen molar-refractivity contribution in [1.82, 2.24) is 4.98 Å². The number of rotatable bonds is 3. The Hall–Kier alpha value is -3.53. The van der Waals surface area contributed by atoms with E-state index in [0.717, 1.165) is 38.7 Å². The average Bonchev–Trinajstić information content (AvgIpc) is 3.05. The van der Waals surface area contributed by atoms with Gasteiger partial charge in [0.05, 0.1) is 6.21 Å². The monoisotopic (exact) mass is 328 g/mol. The van der Waals surface area contributed by atoms with E-state index >= 15 is 0 Å². The van der Waals surface area contributed by atoms with Crippen molar-refractivity contribution in [3.8, 4) is 28.0 Å². The van der Waals surface area contributed by atoms with Crippen molar-refractivity contribution in [2.75, 3.05) is 0 Å². The minimum atomic E-state index is 0.275. The first-order chi connectivity index (χ1) is 12.3. The van der Waals surface area contributed by atoms with Gasteiger partial charge in [0.1, 0.15) is 5.75 Å². The van der Waals surface area contributed by atoms with E-state index in [1.54, 1.807) is 6.07 Å². The molecule has 1 aromatic heterocycles. The van der Waals surface area contributed by atoms with Crippen LogP contribution >= 0.6 is 0 Å². The van der Waals surface area contributed by atoms with E-state index in [1.807, 2.05) is 60.8 Å². The van der Waals surface area contributed by atoms with Crippen molar-refractivity contribution in [2.45, 2.75) is 0 Å². The highest BCUT2D eigenvalue weighted by molar-refractivity contribution is 6.00. The van der Waals surface area contributed by atoms with Crippen molar-refractivity contribution in [3.05, 3.63) is 78.5 Å². The zero-order chi connectivity index (χ0) is 17.2. The summed E-state index contributed by atoms with van der Waals surface area (Å²) < 4.78 is 0. The van der Waals surface area contributed by atoms with Crippen LogP contribution in [0.25, 0.3) is 33.2 Å². The van der Waals surface area contributed by atoms with Crippen LogP contribution in [0.1, 0.15) is 5.56 Å². The highest BCUT2D eigenvalue weighted by Crippen LogP contribution is 2.31. The number of para-hydroxylation sites is 1. The largest absolute Gasteiger partial charge is 0.507 e. The molecule has 0 spiro atoms. The molecule has 0 amide bonds. The minimum Gasteiger partial charge on any atom is -0.507 e. The molecule has 0 aliphatic carbocycles. The summed E-state index contributed by atoms with van der Waals surface area (Å²) >= 11 is 0. The zero-order valence-electron chi connectivity index (χ0n) is 13.3. The predicted molar refractivity (Wildman–Crippen MR) is 100 cm³/mol. The lowest BCUT2D eigenvalue weighted by Gasteiger charge is -2.07. The molecule has 0 fully saturated rings. The highest BCUT2D eigenvalue weighted by atomic mass is 16.4. The predicted octanol–water partition coefficient (Wildman–Crippen LogP) is 5.02. The lowest BCUT2D eigenvalue weighted by atomic mass is 9.98. The highest BCUT2D eigenvalue weighted by Gasteiger charge is 2.07. The molecule has 0 saturated carbocycles. The molecule has 4 aromatic rings. The number of aromatic amines is 1. The molecule has 0 unspecified atom stereocenters. The third-order valence-corrected chi connectivity index (χ3v) is 4.34. The summed E-state index contributed by atoms with van der Waals surface area (Å²) in [4.78, 5) is 3.16. The van der Waals surface area contributed by atoms with Crippen molar-refractivity contribution in [2.24, 2.45) is 5.16 Å². The molecule has 0 aliphatic rings. The molecule has 4 rings (SSSR count). The maximum atomic E-state index is 9.99. The molecule has 4 nitrogen and oxygen atoms in total. The quantitative estimate of drug-likeness (QED) is 0.281. The Morgan fingerprint density at radius 3 is 2.32 bits per heavy atom. The summed E-state index contributed by atoms with van der Waals surface area (Å²) in [5, 5.41) is 22.9. The molecular weight excluding hydrogens is 312 g/mol. The third kappa shape index (κ3) is 2.74. The molecule has 0 aliphatic heterocycles. The van der Waals surface area contributed by atoms with Crippen LogP contribution in [0, 0.1) is 0 Å². The summed E-state index contributed by atoms with van der Waals surface area (Å²) in [5.74, 6) is 0.275. The molecule has 1 heterocycles. The molecule has 0 bridgehead atoms. The number of hydrogen-bond acceptors (Lipinski definition) is 3. The number of nitrogens with one attached hydrogen (secondary N) is 1. The van der Waals surface area contributed by atoms with Crippen LogP contribution in [0.15, 0.2) is 78.1 Å². The number of phenols is 1. The zero-order valence-corrected chi connectivity index (χ0v) is 13.3. The smallest absolute Gasteiger partial charge is 0.123 e.